The fraction of sp³-hybridized carbons (Fsp3) is 0.333. The molecule has 6 nitrogen and oxygen atoms in total. The lowest BCUT2D eigenvalue weighted by Gasteiger charge is -2.13. The third-order valence-corrected chi connectivity index (χ3v) is 5.01. The van der Waals surface area contributed by atoms with Gasteiger partial charge >= 0.3 is 6.18 Å². The molecule has 0 aliphatic carbocycles. The van der Waals surface area contributed by atoms with Crippen LogP contribution in [0.3, 0.4) is 0 Å². The molecule has 0 saturated heterocycles. The SMILES string of the molecule is CC(Cc1cncc(-c2c[nH]c3ncc(CI)cc23)n1)C(=O)NCC(F)(F)F. The van der Waals surface area contributed by atoms with Crippen molar-refractivity contribution in [3.05, 3.63) is 42.1 Å². The average Bonchev–Trinajstić information content (AvgIpc) is 3.08. The Bertz CT molecular complexity index is 989. The van der Waals surface area contributed by atoms with E-state index in [1.807, 2.05) is 11.4 Å². The third kappa shape index (κ3) is 4.97. The van der Waals surface area contributed by atoms with Crippen LogP contribution >= 0.6 is 22.6 Å². The number of H-pyrrole nitrogens is 1. The highest BCUT2D eigenvalue weighted by molar-refractivity contribution is 14.1. The number of nitrogens with one attached hydrogen (secondary N) is 2. The van der Waals surface area contributed by atoms with Gasteiger partial charge in [-0.3, -0.25) is 9.78 Å². The molecule has 2 N–H and O–H groups in total. The first-order valence-electron chi connectivity index (χ1n) is 8.44. The molecule has 28 heavy (non-hydrogen) atoms. The zero-order valence-corrected chi connectivity index (χ0v) is 17.0. The summed E-state index contributed by atoms with van der Waals surface area (Å²) in [7, 11) is 0. The number of aromatic nitrogens is 4. The lowest BCUT2D eigenvalue weighted by molar-refractivity contribution is -0.140. The van der Waals surface area contributed by atoms with E-state index in [9.17, 15) is 18.0 Å². The number of carbonyl (C=O) groups is 1. The highest BCUT2D eigenvalue weighted by Crippen LogP contribution is 2.27. The van der Waals surface area contributed by atoms with E-state index in [4.69, 9.17) is 0 Å². The number of aromatic amines is 1. The molecule has 1 amide bonds. The monoisotopic (exact) mass is 503 g/mol. The van der Waals surface area contributed by atoms with Crippen LogP contribution in [0.5, 0.6) is 0 Å². The fourth-order valence-corrected chi connectivity index (χ4v) is 3.15. The van der Waals surface area contributed by atoms with Crippen molar-refractivity contribution in [1.29, 1.82) is 0 Å². The Morgan fingerprint density at radius 3 is 2.82 bits per heavy atom. The van der Waals surface area contributed by atoms with Crippen molar-refractivity contribution >= 4 is 39.5 Å². The van der Waals surface area contributed by atoms with E-state index in [-0.39, 0.29) is 6.42 Å². The maximum absolute atomic E-state index is 12.3. The molecule has 0 fully saturated rings. The van der Waals surface area contributed by atoms with Gasteiger partial charge in [-0.1, -0.05) is 29.5 Å². The van der Waals surface area contributed by atoms with E-state index in [0.29, 0.717) is 11.4 Å². The number of nitrogens with zero attached hydrogens (tertiary/aromatic N) is 3. The number of pyridine rings is 1. The number of rotatable bonds is 6. The predicted molar refractivity (Wildman–Crippen MR) is 107 cm³/mol. The van der Waals surface area contributed by atoms with Crippen molar-refractivity contribution in [2.75, 3.05) is 6.54 Å². The van der Waals surface area contributed by atoms with E-state index >= 15 is 0 Å². The van der Waals surface area contributed by atoms with Gasteiger partial charge in [-0.2, -0.15) is 13.2 Å². The van der Waals surface area contributed by atoms with Crippen LogP contribution < -0.4 is 5.32 Å². The second-order valence-corrected chi connectivity index (χ2v) is 7.17. The predicted octanol–water partition coefficient (Wildman–Crippen LogP) is 3.81. The van der Waals surface area contributed by atoms with Crippen LogP contribution in [-0.4, -0.2) is 38.6 Å². The fourth-order valence-electron chi connectivity index (χ4n) is 2.73. The van der Waals surface area contributed by atoms with Crippen molar-refractivity contribution < 1.29 is 18.0 Å². The molecule has 0 radical (unpaired) electrons. The number of halogens is 4. The van der Waals surface area contributed by atoms with Gasteiger partial charge in [-0.05, 0) is 11.6 Å². The molecule has 10 heteroatoms. The largest absolute Gasteiger partial charge is 0.405 e. The normalized spacial score (nSPS) is 12.9. The molecule has 3 aromatic rings. The van der Waals surface area contributed by atoms with Crippen molar-refractivity contribution in [2.45, 2.75) is 23.9 Å². The molecule has 3 aromatic heterocycles. The van der Waals surface area contributed by atoms with E-state index < -0.39 is 24.5 Å². The lowest BCUT2D eigenvalue weighted by Crippen LogP contribution is -2.37. The second-order valence-electron chi connectivity index (χ2n) is 6.41. The highest BCUT2D eigenvalue weighted by Gasteiger charge is 2.28. The number of hydrogen-bond donors (Lipinski definition) is 2. The standard InChI is InChI=1S/C18H17F3IN5O/c1-10(17(28)26-9-18(19,20)21)2-12-6-23-8-15(27-12)14-7-25-16-13(14)3-11(4-22)5-24-16/h3,5-8,10H,2,4,9H2,1H3,(H,24,25)(H,26,28). The van der Waals surface area contributed by atoms with Crippen LogP contribution in [0.25, 0.3) is 22.3 Å². The summed E-state index contributed by atoms with van der Waals surface area (Å²) < 4.78 is 37.6. The molecule has 0 saturated carbocycles. The first-order chi connectivity index (χ1) is 13.3. The van der Waals surface area contributed by atoms with Gasteiger partial charge in [-0.15, -0.1) is 0 Å². The summed E-state index contributed by atoms with van der Waals surface area (Å²) in [5.74, 6) is -1.34. The summed E-state index contributed by atoms with van der Waals surface area (Å²) in [5, 5.41) is 2.81. The minimum atomic E-state index is -4.44. The summed E-state index contributed by atoms with van der Waals surface area (Å²) in [6.45, 7) is 0.214. The molecule has 3 rings (SSSR count). The second kappa shape index (κ2) is 8.41. The summed E-state index contributed by atoms with van der Waals surface area (Å²) in [6.07, 6.45) is 2.47. The minimum absolute atomic E-state index is 0.185. The number of hydrogen-bond acceptors (Lipinski definition) is 4. The molecule has 148 valence electrons. The molecular formula is C18H17F3IN5O. The highest BCUT2D eigenvalue weighted by atomic mass is 127. The van der Waals surface area contributed by atoms with Crippen molar-refractivity contribution in [1.82, 2.24) is 25.3 Å². The Balaban J connectivity index is 1.78. The van der Waals surface area contributed by atoms with E-state index in [2.05, 4.69) is 42.5 Å². The van der Waals surface area contributed by atoms with Crippen LogP contribution in [0.1, 0.15) is 18.2 Å². The van der Waals surface area contributed by atoms with E-state index in [0.717, 1.165) is 26.6 Å². The number of fused-ring (bicyclic) bond motifs is 1. The van der Waals surface area contributed by atoms with Crippen molar-refractivity contribution in [3.8, 4) is 11.3 Å². The van der Waals surface area contributed by atoms with Crippen molar-refractivity contribution in [3.63, 3.8) is 0 Å². The molecule has 1 unspecified atom stereocenters. The Labute approximate surface area is 172 Å². The van der Waals surface area contributed by atoms with Crippen LogP contribution in [0.15, 0.2) is 30.9 Å². The van der Waals surface area contributed by atoms with Crippen LogP contribution in [0, 0.1) is 5.92 Å². The smallest absolute Gasteiger partial charge is 0.347 e. The Morgan fingerprint density at radius 1 is 1.32 bits per heavy atom. The molecule has 0 aliphatic rings. The topological polar surface area (TPSA) is 83.6 Å². The lowest BCUT2D eigenvalue weighted by atomic mass is 10.0. The van der Waals surface area contributed by atoms with Crippen LogP contribution in [0.4, 0.5) is 13.2 Å². The third-order valence-electron chi connectivity index (χ3n) is 4.13. The molecule has 1 atom stereocenters. The molecule has 0 aromatic carbocycles. The molecule has 0 bridgehead atoms. The summed E-state index contributed by atoms with van der Waals surface area (Å²) in [6, 6.07) is 2.03. The number of alkyl halides is 4. The Hall–Kier alpha value is -2.24. The van der Waals surface area contributed by atoms with Crippen LogP contribution in [0.2, 0.25) is 0 Å². The zero-order chi connectivity index (χ0) is 20.3. The van der Waals surface area contributed by atoms with Gasteiger partial charge in [0.25, 0.3) is 0 Å². The quantitative estimate of drug-likeness (QED) is 0.396. The number of carbonyl (C=O) groups excluding carboxylic acids is 1. The van der Waals surface area contributed by atoms with Gasteiger partial charge < -0.3 is 10.3 Å². The van der Waals surface area contributed by atoms with Gasteiger partial charge in [0, 0.05) is 46.3 Å². The average molecular weight is 503 g/mol. The maximum atomic E-state index is 12.3. The van der Waals surface area contributed by atoms with E-state index in [1.54, 1.807) is 25.5 Å². The molecular weight excluding hydrogens is 486 g/mol. The Kier molecular flexibility index (Phi) is 6.16. The maximum Gasteiger partial charge on any atom is 0.405 e. The molecule has 3 heterocycles. The van der Waals surface area contributed by atoms with Crippen LogP contribution in [-0.2, 0) is 15.6 Å². The van der Waals surface area contributed by atoms with Gasteiger partial charge in [0.2, 0.25) is 5.91 Å². The van der Waals surface area contributed by atoms with Gasteiger partial charge in [0.05, 0.1) is 17.6 Å². The zero-order valence-electron chi connectivity index (χ0n) is 14.8. The number of amides is 1. The van der Waals surface area contributed by atoms with Gasteiger partial charge in [-0.25, -0.2) is 9.97 Å². The summed E-state index contributed by atoms with van der Waals surface area (Å²) in [5.41, 5.74) is 3.78. The van der Waals surface area contributed by atoms with Crippen molar-refractivity contribution in [2.24, 2.45) is 5.92 Å². The summed E-state index contributed by atoms with van der Waals surface area (Å²) >= 11 is 2.26. The van der Waals surface area contributed by atoms with Gasteiger partial charge in [0.15, 0.2) is 0 Å². The first-order valence-corrected chi connectivity index (χ1v) is 9.97. The minimum Gasteiger partial charge on any atom is -0.347 e. The van der Waals surface area contributed by atoms with Gasteiger partial charge in [0.1, 0.15) is 12.2 Å². The molecule has 0 spiro atoms. The summed E-state index contributed by atoms with van der Waals surface area (Å²) in [4.78, 5) is 28.1. The first kappa shape index (κ1) is 20.5. The molecule has 0 aliphatic heterocycles. The Morgan fingerprint density at radius 2 is 2.11 bits per heavy atom. The van der Waals surface area contributed by atoms with E-state index in [1.165, 1.54) is 6.20 Å².